The van der Waals surface area contributed by atoms with E-state index in [-0.39, 0.29) is 0 Å². The quantitative estimate of drug-likeness (QED) is 0.684. The summed E-state index contributed by atoms with van der Waals surface area (Å²) in [7, 11) is 0. The summed E-state index contributed by atoms with van der Waals surface area (Å²) in [6, 6.07) is 9.89. The molecule has 1 aliphatic rings. The fourth-order valence-corrected chi connectivity index (χ4v) is 1.51. The number of hydrogen-bond acceptors (Lipinski definition) is 1. The highest BCUT2D eigenvalue weighted by Crippen LogP contribution is 2.20. The second kappa shape index (κ2) is 4.14. The first-order valence-electron chi connectivity index (χ1n) is 4.95. The Hall–Kier alpha value is -1.50. The number of benzene rings is 1. The van der Waals surface area contributed by atoms with Gasteiger partial charge >= 0.3 is 0 Å². The van der Waals surface area contributed by atoms with E-state index >= 15 is 0 Å². The Bertz CT molecular complexity index is 360. The van der Waals surface area contributed by atoms with Crippen molar-refractivity contribution in [3.05, 3.63) is 53.8 Å². The summed E-state index contributed by atoms with van der Waals surface area (Å²) in [4.78, 5) is 0. The van der Waals surface area contributed by atoms with Crippen molar-refractivity contribution in [3.63, 3.8) is 0 Å². The van der Waals surface area contributed by atoms with E-state index in [9.17, 15) is 0 Å². The number of allylic oxidation sites excluding steroid dienone is 3. The molecule has 1 nitrogen and oxygen atoms in total. The molecule has 1 aliphatic carbocycles. The van der Waals surface area contributed by atoms with Gasteiger partial charge in [0.1, 0.15) is 11.5 Å². The summed E-state index contributed by atoms with van der Waals surface area (Å²) in [5, 5.41) is 0. The van der Waals surface area contributed by atoms with Gasteiger partial charge in [0.2, 0.25) is 0 Å². The van der Waals surface area contributed by atoms with Gasteiger partial charge in [-0.15, -0.1) is 0 Å². The molecule has 1 aromatic rings. The Morgan fingerprint density at radius 1 is 1.14 bits per heavy atom. The smallest absolute Gasteiger partial charge is 0.127 e. The molecule has 2 rings (SSSR count). The first-order valence-corrected chi connectivity index (χ1v) is 4.95. The molecule has 0 saturated carbocycles. The lowest BCUT2D eigenvalue weighted by molar-refractivity contribution is 0.437. The monoisotopic (exact) mass is 186 g/mol. The predicted molar refractivity (Wildman–Crippen MR) is 58.1 cm³/mol. The molecule has 0 amide bonds. The lowest BCUT2D eigenvalue weighted by Crippen LogP contribution is -1.97. The third kappa shape index (κ3) is 2.25. The molecule has 0 radical (unpaired) electrons. The van der Waals surface area contributed by atoms with Crippen LogP contribution in [-0.2, 0) is 0 Å². The molecule has 0 aliphatic heterocycles. The van der Waals surface area contributed by atoms with Crippen molar-refractivity contribution in [2.75, 3.05) is 0 Å². The highest BCUT2D eigenvalue weighted by Gasteiger charge is 2.03. The van der Waals surface area contributed by atoms with E-state index in [0.29, 0.717) is 0 Å². The average Bonchev–Trinajstić information content (AvgIpc) is 2.19. The van der Waals surface area contributed by atoms with Gasteiger partial charge in [0.15, 0.2) is 0 Å². The van der Waals surface area contributed by atoms with E-state index in [4.69, 9.17) is 4.74 Å². The number of rotatable bonds is 2. The predicted octanol–water partition coefficient (Wildman–Crippen LogP) is 3.69. The maximum Gasteiger partial charge on any atom is 0.127 e. The topological polar surface area (TPSA) is 9.23 Å². The summed E-state index contributed by atoms with van der Waals surface area (Å²) < 4.78 is 5.71. The molecule has 1 aromatic carbocycles. The number of ether oxygens (including phenoxy) is 1. The summed E-state index contributed by atoms with van der Waals surface area (Å²) in [6.45, 7) is 2.14. The zero-order chi connectivity index (χ0) is 9.80. The second-order valence-corrected chi connectivity index (χ2v) is 3.55. The Morgan fingerprint density at radius 3 is 2.64 bits per heavy atom. The zero-order valence-electron chi connectivity index (χ0n) is 8.36. The Balaban J connectivity index is 2.09. The van der Waals surface area contributed by atoms with Crippen LogP contribution in [0.25, 0.3) is 0 Å². The van der Waals surface area contributed by atoms with E-state index < -0.39 is 0 Å². The molecular weight excluding hydrogens is 172 g/mol. The van der Waals surface area contributed by atoms with E-state index in [2.05, 4.69) is 19.1 Å². The maximum atomic E-state index is 5.71. The van der Waals surface area contributed by atoms with Crippen molar-refractivity contribution < 1.29 is 4.74 Å². The molecule has 0 spiro atoms. The largest absolute Gasteiger partial charge is 0.458 e. The number of para-hydroxylation sites is 1. The van der Waals surface area contributed by atoms with Crippen molar-refractivity contribution in [3.8, 4) is 5.75 Å². The van der Waals surface area contributed by atoms with Crippen LogP contribution < -0.4 is 4.74 Å². The SMILES string of the molecule is CC1=CC(Oc2ccccc2)=CCC1. The van der Waals surface area contributed by atoms with Gasteiger partial charge in [-0.2, -0.15) is 0 Å². The van der Waals surface area contributed by atoms with Crippen LogP contribution in [-0.4, -0.2) is 0 Å². The molecule has 0 unspecified atom stereocenters. The van der Waals surface area contributed by atoms with Crippen LogP contribution in [0.2, 0.25) is 0 Å². The molecule has 72 valence electrons. The highest BCUT2D eigenvalue weighted by molar-refractivity contribution is 5.29. The van der Waals surface area contributed by atoms with Gasteiger partial charge in [-0.25, -0.2) is 0 Å². The zero-order valence-corrected chi connectivity index (χ0v) is 8.36. The fraction of sp³-hybridized carbons (Fsp3) is 0.231. The molecule has 0 aromatic heterocycles. The Labute approximate surface area is 84.7 Å². The van der Waals surface area contributed by atoms with E-state index in [0.717, 1.165) is 24.4 Å². The van der Waals surface area contributed by atoms with E-state index in [1.807, 2.05) is 30.3 Å². The standard InChI is InChI=1S/C13H14O/c1-11-6-5-9-13(10-11)14-12-7-3-2-4-8-12/h2-4,7-10H,5-6H2,1H3. The average molecular weight is 186 g/mol. The van der Waals surface area contributed by atoms with Gasteiger partial charge in [0, 0.05) is 0 Å². The van der Waals surface area contributed by atoms with Gasteiger partial charge in [-0.05, 0) is 44.1 Å². The molecule has 1 heteroatoms. The molecule has 14 heavy (non-hydrogen) atoms. The number of hydrogen-bond donors (Lipinski definition) is 0. The van der Waals surface area contributed by atoms with Crippen molar-refractivity contribution in [1.82, 2.24) is 0 Å². The van der Waals surface area contributed by atoms with Crippen LogP contribution in [0, 0.1) is 0 Å². The van der Waals surface area contributed by atoms with E-state index in [1.165, 1.54) is 5.57 Å². The molecule has 0 saturated heterocycles. The first-order chi connectivity index (χ1) is 6.84. The van der Waals surface area contributed by atoms with Crippen LogP contribution in [0.15, 0.2) is 53.8 Å². The maximum absolute atomic E-state index is 5.71. The van der Waals surface area contributed by atoms with Crippen molar-refractivity contribution in [2.45, 2.75) is 19.8 Å². The molecule has 0 heterocycles. The molecular formula is C13H14O. The van der Waals surface area contributed by atoms with Gasteiger partial charge in [0.25, 0.3) is 0 Å². The summed E-state index contributed by atoms with van der Waals surface area (Å²) in [6.07, 6.45) is 6.49. The minimum Gasteiger partial charge on any atom is -0.458 e. The van der Waals surface area contributed by atoms with Gasteiger partial charge in [-0.1, -0.05) is 23.8 Å². The Morgan fingerprint density at radius 2 is 1.93 bits per heavy atom. The van der Waals surface area contributed by atoms with Gasteiger partial charge < -0.3 is 4.74 Å². The van der Waals surface area contributed by atoms with Gasteiger partial charge in [0.05, 0.1) is 0 Å². The van der Waals surface area contributed by atoms with Crippen LogP contribution in [0.1, 0.15) is 19.8 Å². The fourth-order valence-electron chi connectivity index (χ4n) is 1.51. The van der Waals surface area contributed by atoms with Crippen molar-refractivity contribution in [1.29, 1.82) is 0 Å². The minimum absolute atomic E-state index is 0.907. The lowest BCUT2D eigenvalue weighted by Gasteiger charge is -2.11. The van der Waals surface area contributed by atoms with Crippen LogP contribution in [0.5, 0.6) is 5.75 Å². The van der Waals surface area contributed by atoms with Gasteiger partial charge in [-0.3, -0.25) is 0 Å². The first kappa shape index (κ1) is 9.07. The highest BCUT2D eigenvalue weighted by atomic mass is 16.5. The molecule has 0 atom stereocenters. The summed E-state index contributed by atoms with van der Waals surface area (Å²) >= 11 is 0. The molecule has 0 N–H and O–H groups in total. The van der Waals surface area contributed by atoms with E-state index in [1.54, 1.807) is 0 Å². The molecule has 0 fully saturated rings. The minimum atomic E-state index is 0.907. The molecule has 0 bridgehead atoms. The lowest BCUT2D eigenvalue weighted by atomic mass is 10.1. The normalized spacial score (nSPS) is 15.8. The van der Waals surface area contributed by atoms with Crippen LogP contribution in [0.3, 0.4) is 0 Å². The van der Waals surface area contributed by atoms with Crippen molar-refractivity contribution in [2.24, 2.45) is 0 Å². The third-order valence-electron chi connectivity index (χ3n) is 2.25. The Kier molecular flexibility index (Phi) is 2.68. The summed E-state index contributed by atoms with van der Waals surface area (Å²) in [5.41, 5.74) is 1.39. The van der Waals surface area contributed by atoms with Crippen LogP contribution >= 0.6 is 0 Å². The third-order valence-corrected chi connectivity index (χ3v) is 2.25. The summed E-state index contributed by atoms with van der Waals surface area (Å²) in [5.74, 6) is 1.88. The van der Waals surface area contributed by atoms with Crippen molar-refractivity contribution >= 4 is 0 Å². The second-order valence-electron chi connectivity index (χ2n) is 3.55. The van der Waals surface area contributed by atoms with Crippen LogP contribution in [0.4, 0.5) is 0 Å².